The smallest absolute Gasteiger partial charge is 0.330 e. The van der Waals surface area contributed by atoms with E-state index in [1.54, 1.807) is 13.0 Å². The lowest BCUT2D eigenvalue weighted by atomic mass is 10.1. The van der Waals surface area contributed by atoms with E-state index in [1.807, 2.05) is 36.4 Å². The second-order valence-electron chi connectivity index (χ2n) is 4.93. The van der Waals surface area contributed by atoms with Gasteiger partial charge in [-0.25, -0.2) is 4.79 Å². The summed E-state index contributed by atoms with van der Waals surface area (Å²) in [4.78, 5) is 11.2. The molecule has 0 spiro atoms. The van der Waals surface area contributed by atoms with Crippen molar-refractivity contribution in [3.63, 3.8) is 0 Å². The number of aryl methyl sites for hydroxylation is 1. The summed E-state index contributed by atoms with van der Waals surface area (Å²) in [5, 5.41) is 0. The topological polar surface area (TPSA) is 35.5 Å². The van der Waals surface area contributed by atoms with Crippen LogP contribution in [0.2, 0.25) is 0 Å². The number of carbonyl (C=O) groups excluding carboxylic acids is 1. The molecule has 0 aliphatic carbocycles. The zero-order chi connectivity index (χ0) is 15.8. The number of esters is 1. The summed E-state index contributed by atoms with van der Waals surface area (Å²) in [6.45, 7) is 4.77. The summed E-state index contributed by atoms with van der Waals surface area (Å²) in [6, 6.07) is 15.8. The Balaban J connectivity index is 1.90. The molecule has 0 unspecified atom stereocenters. The zero-order valence-electron chi connectivity index (χ0n) is 12.9. The average Bonchev–Trinajstić information content (AvgIpc) is 2.52. The Morgan fingerprint density at radius 2 is 1.91 bits per heavy atom. The first-order chi connectivity index (χ1) is 10.7. The molecule has 0 heterocycles. The minimum Gasteiger partial charge on any atom is -0.489 e. The summed E-state index contributed by atoms with van der Waals surface area (Å²) < 4.78 is 10.6. The molecule has 3 nitrogen and oxygen atoms in total. The standard InChI is InChI=1S/C19H20O3/c1-3-21-19(20)12-9-16-7-10-18(11-8-16)22-14-17-6-4-5-15(2)13-17/h4-13H,3,14H2,1-2H3/b12-9+. The van der Waals surface area contributed by atoms with Crippen LogP contribution < -0.4 is 4.74 Å². The summed E-state index contributed by atoms with van der Waals surface area (Å²) >= 11 is 0. The van der Waals surface area contributed by atoms with Crippen LogP contribution in [0.5, 0.6) is 5.75 Å². The Morgan fingerprint density at radius 3 is 2.59 bits per heavy atom. The van der Waals surface area contributed by atoms with Gasteiger partial charge in [0.2, 0.25) is 0 Å². The third kappa shape index (κ3) is 5.09. The van der Waals surface area contributed by atoms with E-state index in [2.05, 4.69) is 19.1 Å². The number of benzene rings is 2. The summed E-state index contributed by atoms with van der Waals surface area (Å²) in [5.41, 5.74) is 3.29. The van der Waals surface area contributed by atoms with E-state index in [9.17, 15) is 4.79 Å². The highest BCUT2D eigenvalue weighted by atomic mass is 16.5. The molecule has 3 heteroatoms. The van der Waals surface area contributed by atoms with Gasteiger partial charge in [0.05, 0.1) is 6.61 Å². The van der Waals surface area contributed by atoms with E-state index < -0.39 is 0 Å². The van der Waals surface area contributed by atoms with Gasteiger partial charge in [0.15, 0.2) is 0 Å². The highest BCUT2D eigenvalue weighted by Gasteiger charge is 1.98. The number of hydrogen-bond acceptors (Lipinski definition) is 3. The fourth-order valence-electron chi connectivity index (χ4n) is 2.00. The fourth-order valence-corrected chi connectivity index (χ4v) is 2.00. The van der Waals surface area contributed by atoms with E-state index in [0.29, 0.717) is 13.2 Å². The average molecular weight is 296 g/mol. The Bertz CT molecular complexity index is 642. The number of ether oxygens (including phenoxy) is 2. The normalized spacial score (nSPS) is 10.6. The fraction of sp³-hybridized carbons (Fsp3) is 0.211. The molecule has 0 aliphatic heterocycles. The van der Waals surface area contributed by atoms with Crippen LogP contribution in [-0.2, 0) is 16.1 Å². The molecule has 2 aromatic rings. The molecule has 0 aromatic heterocycles. The molecule has 114 valence electrons. The molecule has 2 rings (SSSR count). The van der Waals surface area contributed by atoms with Gasteiger partial charge >= 0.3 is 5.97 Å². The van der Waals surface area contributed by atoms with Crippen LogP contribution in [0.3, 0.4) is 0 Å². The zero-order valence-corrected chi connectivity index (χ0v) is 12.9. The van der Waals surface area contributed by atoms with Crippen LogP contribution >= 0.6 is 0 Å². The summed E-state index contributed by atoms with van der Waals surface area (Å²) in [6.07, 6.45) is 3.15. The van der Waals surface area contributed by atoms with Crippen molar-refractivity contribution < 1.29 is 14.3 Å². The lowest BCUT2D eigenvalue weighted by Crippen LogP contribution is -1.98. The van der Waals surface area contributed by atoms with Crippen LogP contribution in [0, 0.1) is 6.92 Å². The molecule has 0 N–H and O–H groups in total. The van der Waals surface area contributed by atoms with Gasteiger partial charge in [-0.3, -0.25) is 0 Å². The SMILES string of the molecule is CCOC(=O)/C=C/c1ccc(OCc2cccc(C)c2)cc1. The molecule has 2 aromatic carbocycles. The van der Waals surface area contributed by atoms with Crippen molar-refractivity contribution in [3.05, 3.63) is 71.3 Å². The molecule has 22 heavy (non-hydrogen) atoms. The van der Waals surface area contributed by atoms with Gasteiger partial charge in [-0.05, 0) is 43.2 Å². The maximum absolute atomic E-state index is 11.2. The molecule has 0 amide bonds. The first-order valence-corrected chi connectivity index (χ1v) is 7.30. The van der Waals surface area contributed by atoms with Crippen molar-refractivity contribution in [3.8, 4) is 5.75 Å². The third-order valence-corrected chi connectivity index (χ3v) is 3.07. The second-order valence-corrected chi connectivity index (χ2v) is 4.93. The molecule has 0 radical (unpaired) electrons. The van der Waals surface area contributed by atoms with Crippen LogP contribution in [-0.4, -0.2) is 12.6 Å². The summed E-state index contributed by atoms with van der Waals surface area (Å²) in [7, 11) is 0. The van der Waals surface area contributed by atoms with E-state index in [1.165, 1.54) is 11.6 Å². The highest BCUT2D eigenvalue weighted by molar-refractivity contribution is 5.87. The van der Waals surface area contributed by atoms with Gasteiger partial charge in [0.1, 0.15) is 12.4 Å². The van der Waals surface area contributed by atoms with E-state index in [-0.39, 0.29) is 5.97 Å². The summed E-state index contributed by atoms with van der Waals surface area (Å²) in [5.74, 6) is 0.470. The van der Waals surface area contributed by atoms with Crippen molar-refractivity contribution in [2.45, 2.75) is 20.5 Å². The molecule has 0 aliphatic rings. The van der Waals surface area contributed by atoms with Gasteiger partial charge in [-0.15, -0.1) is 0 Å². The number of carbonyl (C=O) groups is 1. The largest absolute Gasteiger partial charge is 0.489 e. The van der Waals surface area contributed by atoms with E-state index >= 15 is 0 Å². The first-order valence-electron chi connectivity index (χ1n) is 7.30. The monoisotopic (exact) mass is 296 g/mol. The lowest BCUT2D eigenvalue weighted by Gasteiger charge is -2.07. The minimum absolute atomic E-state index is 0.331. The van der Waals surface area contributed by atoms with Crippen LogP contribution in [0.15, 0.2) is 54.6 Å². The van der Waals surface area contributed by atoms with Crippen molar-refractivity contribution >= 4 is 12.0 Å². The first kappa shape index (κ1) is 15.8. The molecule has 0 bridgehead atoms. The molecule has 0 atom stereocenters. The molecule has 0 saturated heterocycles. The maximum Gasteiger partial charge on any atom is 0.330 e. The Morgan fingerprint density at radius 1 is 1.14 bits per heavy atom. The van der Waals surface area contributed by atoms with E-state index in [0.717, 1.165) is 16.9 Å². The number of rotatable bonds is 6. The molecular formula is C19H20O3. The van der Waals surface area contributed by atoms with Gasteiger partial charge in [0, 0.05) is 6.08 Å². The van der Waals surface area contributed by atoms with Crippen molar-refractivity contribution in [2.24, 2.45) is 0 Å². The third-order valence-electron chi connectivity index (χ3n) is 3.07. The van der Waals surface area contributed by atoms with E-state index in [4.69, 9.17) is 9.47 Å². The van der Waals surface area contributed by atoms with Crippen LogP contribution in [0.25, 0.3) is 6.08 Å². The Kier molecular flexibility index (Phi) is 5.78. The maximum atomic E-state index is 11.2. The molecular weight excluding hydrogens is 276 g/mol. The van der Waals surface area contributed by atoms with Crippen molar-refractivity contribution in [1.82, 2.24) is 0 Å². The van der Waals surface area contributed by atoms with Gasteiger partial charge in [0.25, 0.3) is 0 Å². The van der Waals surface area contributed by atoms with Gasteiger partial charge in [-0.1, -0.05) is 42.0 Å². The Hall–Kier alpha value is -2.55. The predicted molar refractivity (Wildman–Crippen MR) is 87.6 cm³/mol. The quantitative estimate of drug-likeness (QED) is 0.593. The predicted octanol–water partition coefficient (Wildman–Crippen LogP) is 4.15. The van der Waals surface area contributed by atoms with Crippen molar-refractivity contribution in [1.29, 1.82) is 0 Å². The van der Waals surface area contributed by atoms with Gasteiger partial charge < -0.3 is 9.47 Å². The van der Waals surface area contributed by atoms with Crippen molar-refractivity contribution in [2.75, 3.05) is 6.61 Å². The van der Waals surface area contributed by atoms with Crippen LogP contribution in [0.1, 0.15) is 23.6 Å². The second kappa shape index (κ2) is 8.03. The van der Waals surface area contributed by atoms with Crippen LogP contribution in [0.4, 0.5) is 0 Å². The Labute approximate surface area is 131 Å². The minimum atomic E-state index is -0.331. The van der Waals surface area contributed by atoms with Gasteiger partial charge in [-0.2, -0.15) is 0 Å². The lowest BCUT2D eigenvalue weighted by molar-refractivity contribution is -0.137. The number of hydrogen-bond donors (Lipinski definition) is 0. The molecule has 0 saturated carbocycles. The molecule has 0 fully saturated rings. The highest BCUT2D eigenvalue weighted by Crippen LogP contribution is 2.15.